The average molecular weight is 468 g/mol. The van der Waals surface area contributed by atoms with E-state index in [1.807, 2.05) is 39.0 Å². The highest BCUT2D eigenvalue weighted by Crippen LogP contribution is 2.13. The number of nitriles is 1. The quantitative estimate of drug-likeness (QED) is 0.331. The third-order valence-electron chi connectivity index (χ3n) is 4.24. The van der Waals surface area contributed by atoms with Crippen molar-refractivity contribution < 1.29 is 16.1 Å². The Balaban J connectivity index is -0.000000421. The third-order valence-corrected chi connectivity index (χ3v) is 4.24. The van der Waals surface area contributed by atoms with E-state index < -0.39 is 11.9 Å². The lowest BCUT2D eigenvalue weighted by Crippen LogP contribution is -2.13. The van der Waals surface area contributed by atoms with E-state index >= 15 is 0 Å². The number of carbonyl (C=O) groups is 2. The molecule has 3 rings (SSSR count). The molecule has 184 valence electrons. The molecular weight excluding hydrogens is 430 g/mol. The maximum absolute atomic E-state index is 10.7. The van der Waals surface area contributed by atoms with Crippen LogP contribution >= 0.6 is 0 Å². The Hall–Kier alpha value is -4.51. The second-order valence-corrected chi connectivity index (χ2v) is 7.05. The number of carboxylic acids is 1. The molecule has 8 nitrogen and oxygen atoms in total. The molecule has 0 aliphatic heterocycles. The summed E-state index contributed by atoms with van der Waals surface area (Å²) in [5.41, 5.74) is 26.8. The minimum Gasteiger partial charge on any atom is -0.478 e. The lowest BCUT2D eigenvalue weighted by molar-refractivity contribution is 0.0697. The molecule has 0 saturated carbocycles. The molecule has 0 atom stereocenters. The molecule has 34 heavy (non-hydrogen) atoms. The smallest absolute Gasteiger partial charge is 0.337 e. The molecule has 0 aliphatic rings. The molecule has 0 saturated heterocycles. The van der Waals surface area contributed by atoms with Crippen LogP contribution in [0.15, 0.2) is 54.6 Å². The van der Waals surface area contributed by atoms with Gasteiger partial charge in [-0.25, -0.2) is 4.79 Å². The largest absolute Gasteiger partial charge is 0.478 e. The number of aryl methyl sites for hydroxylation is 3. The maximum Gasteiger partial charge on any atom is 0.337 e. The fraction of sp³-hybridized carbons (Fsp3) is 0.192. The zero-order chi connectivity index (χ0) is 24.4. The minimum atomic E-state index is -0.980. The van der Waals surface area contributed by atoms with E-state index in [-0.39, 0.29) is 21.8 Å². The van der Waals surface area contributed by atoms with Crippen LogP contribution in [0.1, 0.15) is 59.2 Å². The number of benzene rings is 3. The highest BCUT2D eigenvalue weighted by atomic mass is 16.4. The molecule has 0 radical (unpaired) electrons. The highest BCUT2D eigenvalue weighted by Gasteiger charge is 2.06. The van der Waals surface area contributed by atoms with Crippen molar-refractivity contribution in [3.05, 3.63) is 88.0 Å². The van der Waals surface area contributed by atoms with E-state index in [0.717, 1.165) is 16.7 Å². The molecule has 0 spiro atoms. The molecule has 0 aliphatic carbocycles. The maximum atomic E-state index is 10.7. The van der Waals surface area contributed by atoms with Crippen molar-refractivity contribution >= 4 is 28.9 Å². The van der Waals surface area contributed by atoms with Crippen LogP contribution in [-0.2, 0) is 0 Å². The topological polar surface area (TPSA) is 182 Å². The second-order valence-electron chi connectivity index (χ2n) is 7.05. The first kappa shape index (κ1) is 31.7. The van der Waals surface area contributed by atoms with Crippen molar-refractivity contribution in [2.24, 2.45) is 5.73 Å². The first-order valence-corrected chi connectivity index (χ1v) is 9.47. The van der Waals surface area contributed by atoms with Gasteiger partial charge >= 0.3 is 5.97 Å². The molecule has 0 heterocycles. The highest BCUT2D eigenvalue weighted by molar-refractivity contribution is 5.98. The summed E-state index contributed by atoms with van der Waals surface area (Å²) in [7, 11) is 0. The van der Waals surface area contributed by atoms with E-state index in [4.69, 9.17) is 33.3 Å². The van der Waals surface area contributed by atoms with Crippen LogP contribution in [0.25, 0.3) is 0 Å². The van der Waals surface area contributed by atoms with Crippen LogP contribution in [0.3, 0.4) is 0 Å². The van der Waals surface area contributed by atoms with E-state index in [1.165, 1.54) is 0 Å². The number of carboxylic acid groups (broad SMARTS) is 1. The molecule has 0 bridgehead atoms. The lowest BCUT2D eigenvalue weighted by Gasteiger charge is -2.01. The molecule has 0 unspecified atom stereocenters. The van der Waals surface area contributed by atoms with E-state index in [2.05, 4.69) is 0 Å². The summed E-state index contributed by atoms with van der Waals surface area (Å²) >= 11 is 0. The Labute approximate surface area is 203 Å². The van der Waals surface area contributed by atoms with Crippen LogP contribution in [-0.4, -0.2) is 17.0 Å². The normalized spacial score (nSPS) is 8.76. The number of nitrogens with zero attached hydrogens (tertiary/aromatic N) is 1. The van der Waals surface area contributed by atoms with Crippen molar-refractivity contribution in [3.63, 3.8) is 0 Å². The van der Waals surface area contributed by atoms with Crippen LogP contribution in [0.4, 0.5) is 17.1 Å². The van der Waals surface area contributed by atoms with E-state index in [0.29, 0.717) is 28.2 Å². The number of nitrogens with two attached hydrogens (primary N) is 4. The summed E-state index contributed by atoms with van der Waals surface area (Å²) < 4.78 is 0. The summed E-state index contributed by atoms with van der Waals surface area (Å²) in [5, 5.41) is 17.1. The number of rotatable bonds is 2. The van der Waals surface area contributed by atoms with Crippen molar-refractivity contribution in [1.29, 1.82) is 5.26 Å². The second kappa shape index (κ2) is 14.5. The minimum absolute atomic E-state index is 0. The fourth-order valence-electron chi connectivity index (χ4n) is 2.51. The molecule has 8 heteroatoms. The standard InChI is InChI=1S/C8H10N2O.C8H8N2.C8H9NO2.2CH4.H2/c1-5-2-3-7(9)6(4-5)8(10)11;1-6-2-3-8(10)7(4-6)5-9;1-5-2-3-7(9)6(4-5)8(10)11;;;/h2-4H,9H2,1H3,(H2,10,11);2-4H,10H2,1H3;2-4H,9H2,1H3,(H,10,11);2*1H4;1H. The van der Waals surface area contributed by atoms with Crippen LogP contribution in [0.2, 0.25) is 0 Å². The average Bonchev–Trinajstić information content (AvgIpc) is 2.74. The van der Waals surface area contributed by atoms with Gasteiger partial charge in [-0.1, -0.05) is 44.2 Å². The number of aromatic carboxylic acids is 1. The van der Waals surface area contributed by atoms with Crippen LogP contribution in [0.5, 0.6) is 0 Å². The number of amides is 1. The zero-order valence-electron chi connectivity index (χ0n) is 18.2. The number of carbonyl (C=O) groups excluding carboxylic acids is 1. The Morgan fingerprint density at radius 2 is 1.15 bits per heavy atom. The van der Waals surface area contributed by atoms with Crippen molar-refractivity contribution in [2.45, 2.75) is 35.6 Å². The molecule has 0 fully saturated rings. The van der Waals surface area contributed by atoms with Gasteiger partial charge in [-0.15, -0.1) is 0 Å². The van der Waals surface area contributed by atoms with Crippen molar-refractivity contribution in [3.8, 4) is 6.07 Å². The zero-order valence-corrected chi connectivity index (χ0v) is 18.2. The molecule has 3 aromatic carbocycles. The van der Waals surface area contributed by atoms with E-state index in [9.17, 15) is 9.59 Å². The van der Waals surface area contributed by atoms with Crippen LogP contribution in [0, 0.1) is 32.1 Å². The predicted octanol–water partition coefficient (Wildman–Crippen LogP) is 4.92. The Kier molecular flexibility index (Phi) is 13.5. The molecule has 1 amide bonds. The van der Waals surface area contributed by atoms with Crippen molar-refractivity contribution in [1.82, 2.24) is 0 Å². The van der Waals surface area contributed by atoms with Gasteiger partial charge in [0.05, 0.1) is 16.7 Å². The lowest BCUT2D eigenvalue weighted by atomic mass is 10.1. The fourth-order valence-corrected chi connectivity index (χ4v) is 2.51. The summed E-state index contributed by atoms with van der Waals surface area (Å²) in [5.74, 6) is -1.46. The first-order chi connectivity index (χ1) is 15.0. The predicted molar refractivity (Wildman–Crippen MR) is 143 cm³/mol. The number of nitrogen functional groups attached to an aromatic ring is 3. The van der Waals surface area contributed by atoms with Gasteiger partial charge in [0.15, 0.2) is 0 Å². The van der Waals surface area contributed by atoms with Crippen molar-refractivity contribution in [2.75, 3.05) is 17.2 Å². The van der Waals surface area contributed by atoms with Gasteiger partial charge in [-0.05, 0) is 62.7 Å². The SMILES string of the molecule is C.C.Cc1ccc(N)c(C#N)c1.Cc1ccc(N)c(C(=O)O)c1.Cc1ccc(N)c(C(N)=O)c1.[HH]. The molecule has 0 aromatic heterocycles. The summed E-state index contributed by atoms with van der Waals surface area (Å²) in [6.45, 7) is 5.64. The Bertz CT molecular complexity index is 1110. The number of hydrogen-bond acceptors (Lipinski definition) is 6. The first-order valence-electron chi connectivity index (χ1n) is 9.47. The summed E-state index contributed by atoms with van der Waals surface area (Å²) in [6, 6.07) is 17.5. The Morgan fingerprint density at radius 1 is 0.765 bits per heavy atom. The molecular formula is C26H37N5O3. The van der Waals surface area contributed by atoms with Gasteiger partial charge < -0.3 is 28.0 Å². The Morgan fingerprint density at radius 3 is 1.47 bits per heavy atom. The van der Waals surface area contributed by atoms with Gasteiger partial charge in [-0.3, -0.25) is 4.79 Å². The summed E-state index contributed by atoms with van der Waals surface area (Å²) in [4.78, 5) is 21.2. The molecule has 3 aromatic rings. The third kappa shape index (κ3) is 9.75. The number of anilines is 3. The number of hydrogen-bond donors (Lipinski definition) is 5. The van der Waals surface area contributed by atoms with Crippen LogP contribution < -0.4 is 22.9 Å². The van der Waals surface area contributed by atoms with Gasteiger partial charge in [-0.2, -0.15) is 5.26 Å². The van der Waals surface area contributed by atoms with E-state index in [1.54, 1.807) is 42.5 Å². The number of primary amides is 1. The van der Waals surface area contributed by atoms with Gasteiger partial charge in [0.1, 0.15) is 6.07 Å². The van der Waals surface area contributed by atoms with Gasteiger partial charge in [0.25, 0.3) is 5.91 Å². The monoisotopic (exact) mass is 467 g/mol. The summed E-state index contributed by atoms with van der Waals surface area (Å²) in [6.07, 6.45) is 0. The van der Waals surface area contributed by atoms with Gasteiger partial charge in [0, 0.05) is 18.5 Å². The van der Waals surface area contributed by atoms with Gasteiger partial charge in [0.2, 0.25) is 0 Å². The molecule has 9 N–H and O–H groups in total.